The van der Waals surface area contributed by atoms with Crippen LogP contribution in [0.3, 0.4) is 0 Å². The second kappa shape index (κ2) is 6.75. The van der Waals surface area contributed by atoms with Gasteiger partial charge in [0.15, 0.2) is 0 Å². The normalized spacial score (nSPS) is 28.5. The molecule has 7 heteroatoms. The molecule has 6 rings (SSSR count). The summed E-state index contributed by atoms with van der Waals surface area (Å²) in [5.41, 5.74) is 2.58. The van der Waals surface area contributed by atoms with Gasteiger partial charge in [0, 0.05) is 53.4 Å². The number of anilines is 1. The van der Waals surface area contributed by atoms with Crippen molar-refractivity contribution < 1.29 is 9.32 Å². The van der Waals surface area contributed by atoms with Crippen LogP contribution in [0.15, 0.2) is 35.4 Å². The average molecular weight is 444 g/mol. The van der Waals surface area contributed by atoms with Crippen LogP contribution in [0, 0.1) is 10.8 Å². The van der Waals surface area contributed by atoms with E-state index < -0.39 is 10.8 Å². The number of aromatic nitrogens is 2. The highest BCUT2D eigenvalue weighted by Crippen LogP contribution is 2.57. The van der Waals surface area contributed by atoms with Crippen LogP contribution in [0.1, 0.15) is 55.2 Å². The van der Waals surface area contributed by atoms with E-state index in [1.54, 1.807) is 6.20 Å². The van der Waals surface area contributed by atoms with Crippen molar-refractivity contribution in [2.24, 2.45) is 10.8 Å². The Morgan fingerprint density at radius 2 is 1.93 bits per heavy atom. The predicted octanol–water partition coefficient (Wildman–Crippen LogP) is 3.88. The predicted molar refractivity (Wildman–Crippen MR) is 117 cm³/mol. The third kappa shape index (κ3) is 2.80. The second-order valence-electron chi connectivity index (χ2n) is 9.87. The first kappa shape index (κ1) is 19.2. The lowest BCUT2D eigenvalue weighted by Crippen LogP contribution is -2.62. The van der Waals surface area contributed by atoms with Gasteiger partial charge in [-0.3, -0.25) is 4.21 Å². The number of hydrogen-bond donors (Lipinski definition) is 1. The van der Waals surface area contributed by atoms with E-state index in [0.717, 1.165) is 53.9 Å². The molecular weight excluding hydrogens is 418 g/mol. The molecule has 2 saturated carbocycles. The van der Waals surface area contributed by atoms with Crippen molar-refractivity contribution in [2.45, 2.75) is 48.8 Å². The summed E-state index contributed by atoms with van der Waals surface area (Å²) in [6.45, 7) is 2.15. The van der Waals surface area contributed by atoms with E-state index in [4.69, 9.17) is 16.6 Å². The molecule has 3 heterocycles. The van der Waals surface area contributed by atoms with Crippen LogP contribution in [-0.2, 0) is 10.8 Å². The van der Waals surface area contributed by atoms with Crippen molar-refractivity contribution in [1.29, 1.82) is 0 Å². The van der Waals surface area contributed by atoms with Crippen molar-refractivity contribution in [3.05, 3.63) is 46.7 Å². The number of benzene rings is 1. The van der Waals surface area contributed by atoms with Gasteiger partial charge < -0.3 is 10.0 Å². The minimum Gasteiger partial charge on any atom is -0.396 e. The average Bonchev–Trinajstić information content (AvgIpc) is 2.97. The molecule has 158 valence electrons. The zero-order valence-corrected chi connectivity index (χ0v) is 18.5. The number of aliphatic hydroxyl groups is 1. The Hall–Kier alpha value is -1.50. The van der Waals surface area contributed by atoms with Gasteiger partial charge in [-0.2, -0.15) is 0 Å². The zero-order valence-electron chi connectivity index (χ0n) is 16.9. The molecule has 1 aromatic carbocycles. The summed E-state index contributed by atoms with van der Waals surface area (Å²) in [6, 6.07) is 8.26. The number of halogens is 1. The van der Waals surface area contributed by atoms with Crippen LogP contribution < -0.4 is 4.90 Å². The molecule has 2 aliphatic carbocycles. The summed E-state index contributed by atoms with van der Waals surface area (Å²) in [4.78, 5) is 12.5. The van der Waals surface area contributed by atoms with Gasteiger partial charge in [0.2, 0.25) is 5.95 Å². The van der Waals surface area contributed by atoms with Crippen LogP contribution >= 0.6 is 11.6 Å². The van der Waals surface area contributed by atoms with Crippen LogP contribution in [0.25, 0.3) is 0 Å². The number of hydrogen-bond acceptors (Lipinski definition) is 5. The van der Waals surface area contributed by atoms with Gasteiger partial charge in [0.25, 0.3) is 0 Å². The first-order chi connectivity index (χ1) is 14.5. The maximum absolute atomic E-state index is 12.6. The van der Waals surface area contributed by atoms with E-state index in [0.29, 0.717) is 17.1 Å². The lowest BCUT2D eigenvalue weighted by molar-refractivity contribution is 0.0225. The molecule has 1 aromatic heterocycles. The number of aliphatic hydroxyl groups excluding tert-OH is 1. The maximum atomic E-state index is 12.6. The molecule has 30 heavy (non-hydrogen) atoms. The molecule has 1 saturated heterocycles. The topological polar surface area (TPSA) is 66.3 Å². The third-order valence-corrected chi connectivity index (χ3v) is 9.80. The van der Waals surface area contributed by atoms with Crippen molar-refractivity contribution in [2.75, 3.05) is 30.3 Å². The number of nitrogens with zero attached hydrogens (tertiary/aromatic N) is 3. The molecule has 2 atom stereocenters. The monoisotopic (exact) mass is 443 g/mol. The largest absolute Gasteiger partial charge is 0.396 e. The van der Waals surface area contributed by atoms with E-state index in [1.165, 1.54) is 18.4 Å². The minimum absolute atomic E-state index is 0.0991. The summed E-state index contributed by atoms with van der Waals surface area (Å²) in [7, 11) is -1.05. The summed E-state index contributed by atoms with van der Waals surface area (Å²) < 4.78 is 12.6. The number of fused-ring (bicyclic) bond motifs is 1. The molecule has 1 unspecified atom stereocenters. The van der Waals surface area contributed by atoms with Crippen LogP contribution in [0.5, 0.6) is 0 Å². The molecule has 2 aliphatic heterocycles. The Kier molecular flexibility index (Phi) is 4.32. The fraction of sp³-hybridized carbons (Fsp3) is 0.565. The van der Waals surface area contributed by atoms with Crippen LogP contribution in [-0.4, -0.2) is 44.7 Å². The quantitative estimate of drug-likeness (QED) is 0.776. The number of rotatable bonds is 4. The Labute approximate surface area is 184 Å². The first-order valence-corrected chi connectivity index (χ1v) is 12.6. The van der Waals surface area contributed by atoms with Gasteiger partial charge in [-0.05, 0) is 49.3 Å². The Bertz CT molecular complexity index is 1000. The van der Waals surface area contributed by atoms with Crippen LogP contribution in [0.4, 0.5) is 5.95 Å². The van der Waals surface area contributed by atoms with Gasteiger partial charge in [-0.1, -0.05) is 30.2 Å². The van der Waals surface area contributed by atoms with Crippen molar-refractivity contribution in [3.63, 3.8) is 0 Å². The molecule has 3 fully saturated rings. The van der Waals surface area contributed by atoms with E-state index in [1.807, 2.05) is 12.1 Å². The Balaban J connectivity index is 1.16. The fourth-order valence-corrected chi connectivity index (χ4v) is 7.82. The van der Waals surface area contributed by atoms with E-state index >= 15 is 0 Å². The van der Waals surface area contributed by atoms with E-state index in [-0.39, 0.29) is 17.9 Å². The molecule has 1 spiro atoms. The summed E-state index contributed by atoms with van der Waals surface area (Å²) in [5, 5.41) is 10.8. The van der Waals surface area contributed by atoms with Crippen molar-refractivity contribution in [1.82, 2.24) is 9.97 Å². The van der Waals surface area contributed by atoms with Gasteiger partial charge in [0.1, 0.15) is 0 Å². The van der Waals surface area contributed by atoms with Gasteiger partial charge in [-0.25, -0.2) is 9.97 Å². The third-order valence-electron chi connectivity index (χ3n) is 8.10. The summed E-state index contributed by atoms with van der Waals surface area (Å²) in [6.07, 6.45) is 7.33. The molecule has 4 aliphatic rings. The molecular formula is C23H26ClN3O2S. The standard InChI is InChI=1S/C23H26ClN3O2S/c24-17-4-2-15(3-5-17)16-8-22(9-16)12-27(13-22)21-25-10-19-20(26-21)18(11-30(19)29)23(14-28)6-1-7-23/h2-5,10,16,18,28H,1,6-9,11-14H2/t18?,30-/m0/s1. The molecule has 0 bridgehead atoms. The highest BCUT2D eigenvalue weighted by Gasteiger charge is 2.54. The lowest BCUT2D eigenvalue weighted by Gasteiger charge is -2.59. The Morgan fingerprint density at radius 3 is 2.57 bits per heavy atom. The molecule has 5 nitrogen and oxygen atoms in total. The highest BCUT2D eigenvalue weighted by atomic mass is 35.5. The zero-order chi connectivity index (χ0) is 20.5. The highest BCUT2D eigenvalue weighted by molar-refractivity contribution is 7.85. The first-order valence-electron chi connectivity index (χ1n) is 10.9. The maximum Gasteiger partial charge on any atom is 0.225 e. The van der Waals surface area contributed by atoms with Crippen molar-refractivity contribution in [3.8, 4) is 0 Å². The Morgan fingerprint density at radius 1 is 1.20 bits per heavy atom. The minimum atomic E-state index is -1.05. The van der Waals surface area contributed by atoms with Gasteiger partial charge in [0.05, 0.1) is 21.4 Å². The molecule has 0 radical (unpaired) electrons. The fourth-order valence-electron chi connectivity index (χ4n) is 6.11. The van der Waals surface area contributed by atoms with Crippen molar-refractivity contribution >= 4 is 28.3 Å². The summed E-state index contributed by atoms with van der Waals surface area (Å²) in [5.74, 6) is 2.08. The second-order valence-corrected chi connectivity index (χ2v) is 11.8. The smallest absolute Gasteiger partial charge is 0.225 e. The molecule has 1 N–H and O–H groups in total. The van der Waals surface area contributed by atoms with Crippen LogP contribution in [0.2, 0.25) is 5.02 Å². The van der Waals surface area contributed by atoms with Gasteiger partial charge >= 0.3 is 0 Å². The van der Waals surface area contributed by atoms with E-state index in [9.17, 15) is 9.32 Å². The molecule has 0 amide bonds. The van der Waals surface area contributed by atoms with Gasteiger partial charge in [-0.15, -0.1) is 0 Å². The SMILES string of the molecule is O=[S@]1CC(C2(CO)CCC2)c2nc(N3CC4(CC(c5ccc(Cl)cc5)C4)C3)ncc21. The summed E-state index contributed by atoms with van der Waals surface area (Å²) >= 11 is 6.02. The van der Waals surface area contributed by atoms with E-state index in [2.05, 4.69) is 22.0 Å². The lowest BCUT2D eigenvalue weighted by atomic mass is 9.56. The molecule has 2 aromatic rings.